The van der Waals surface area contributed by atoms with Crippen molar-refractivity contribution in [1.29, 1.82) is 0 Å². The van der Waals surface area contributed by atoms with Gasteiger partial charge < -0.3 is 11.1 Å². The highest BCUT2D eigenvalue weighted by Crippen LogP contribution is 2.34. The van der Waals surface area contributed by atoms with Crippen LogP contribution in [0.2, 0.25) is 0 Å². The molecule has 4 nitrogen and oxygen atoms in total. The van der Waals surface area contributed by atoms with Crippen molar-refractivity contribution >= 4 is 17.3 Å². The Bertz CT molecular complexity index is 521. The van der Waals surface area contributed by atoms with Crippen molar-refractivity contribution in [1.82, 2.24) is 4.90 Å². The minimum Gasteiger partial charge on any atom is -0.398 e. The van der Waals surface area contributed by atoms with Crippen molar-refractivity contribution in [3.8, 4) is 0 Å². The van der Waals surface area contributed by atoms with Crippen molar-refractivity contribution in [2.75, 3.05) is 24.1 Å². The second-order valence-corrected chi connectivity index (χ2v) is 6.49. The van der Waals surface area contributed by atoms with Gasteiger partial charge in [0.05, 0.1) is 0 Å². The van der Waals surface area contributed by atoms with Gasteiger partial charge >= 0.3 is 0 Å². The summed E-state index contributed by atoms with van der Waals surface area (Å²) in [7, 11) is 0. The van der Waals surface area contributed by atoms with Gasteiger partial charge in [0.1, 0.15) is 0 Å². The largest absolute Gasteiger partial charge is 0.398 e. The summed E-state index contributed by atoms with van der Waals surface area (Å²) in [6.45, 7) is 4.01. The molecule has 2 saturated carbocycles. The van der Waals surface area contributed by atoms with Gasteiger partial charge in [0.2, 0.25) is 5.91 Å². The summed E-state index contributed by atoms with van der Waals surface area (Å²) in [6, 6.07) is 6.39. The Labute approximate surface area is 126 Å². The molecule has 0 radical (unpaired) electrons. The molecule has 114 valence electrons. The van der Waals surface area contributed by atoms with Crippen molar-refractivity contribution in [2.24, 2.45) is 5.92 Å². The Morgan fingerprint density at radius 3 is 2.76 bits per heavy atom. The number of hydrogen-bond acceptors (Lipinski definition) is 3. The molecule has 1 aromatic carbocycles. The number of nitrogens with two attached hydrogens (primary N) is 1. The van der Waals surface area contributed by atoms with E-state index >= 15 is 0 Å². The lowest BCUT2D eigenvalue weighted by Gasteiger charge is -2.21. The number of carbonyl (C=O) groups excluding carboxylic acids is 1. The molecule has 4 heteroatoms. The molecule has 3 N–H and O–H groups in total. The average Bonchev–Trinajstić information content (AvgIpc) is 3.33. The first-order valence-electron chi connectivity index (χ1n) is 8.02. The van der Waals surface area contributed by atoms with Crippen LogP contribution in [-0.2, 0) is 4.79 Å². The van der Waals surface area contributed by atoms with Crippen LogP contribution >= 0.6 is 0 Å². The van der Waals surface area contributed by atoms with E-state index in [1.807, 2.05) is 25.1 Å². The monoisotopic (exact) mass is 287 g/mol. The number of nitrogen functional groups attached to an aromatic ring is 1. The minimum atomic E-state index is 0.0881. The Kier molecular flexibility index (Phi) is 4.15. The van der Waals surface area contributed by atoms with E-state index in [4.69, 9.17) is 5.73 Å². The molecule has 3 rings (SSSR count). The maximum atomic E-state index is 12.1. The summed E-state index contributed by atoms with van der Waals surface area (Å²) < 4.78 is 0. The van der Waals surface area contributed by atoms with Crippen LogP contribution in [0.1, 0.15) is 37.7 Å². The van der Waals surface area contributed by atoms with Crippen molar-refractivity contribution in [2.45, 2.75) is 45.1 Å². The Hall–Kier alpha value is -1.55. The van der Waals surface area contributed by atoms with Gasteiger partial charge in [0.15, 0.2) is 0 Å². The maximum Gasteiger partial charge on any atom is 0.225 e. The van der Waals surface area contributed by atoms with Gasteiger partial charge in [-0.2, -0.15) is 0 Å². The molecule has 1 aromatic rings. The van der Waals surface area contributed by atoms with Crippen LogP contribution in [0.25, 0.3) is 0 Å². The van der Waals surface area contributed by atoms with Crippen LogP contribution in [0.5, 0.6) is 0 Å². The first-order chi connectivity index (χ1) is 10.1. The van der Waals surface area contributed by atoms with Gasteiger partial charge in [-0.3, -0.25) is 9.69 Å². The summed E-state index contributed by atoms with van der Waals surface area (Å²) in [4.78, 5) is 14.7. The lowest BCUT2D eigenvalue weighted by atomic mass is 10.1. The second-order valence-electron chi connectivity index (χ2n) is 6.49. The summed E-state index contributed by atoms with van der Waals surface area (Å²) in [5.74, 6) is 0.981. The Morgan fingerprint density at radius 2 is 2.10 bits per heavy atom. The summed E-state index contributed by atoms with van der Waals surface area (Å²) >= 11 is 0. The number of anilines is 2. The normalized spacial score (nSPS) is 18.0. The zero-order valence-corrected chi connectivity index (χ0v) is 12.8. The highest BCUT2D eigenvalue weighted by atomic mass is 16.1. The molecular formula is C17H25N3O. The topological polar surface area (TPSA) is 58.4 Å². The van der Waals surface area contributed by atoms with E-state index in [-0.39, 0.29) is 5.91 Å². The third kappa shape index (κ3) is 3.97. The van der Waals surface area contributed by atoms with Gasteiger partial charge in [-0.05, 0) is 56.2 Å². The van der Waals surface area contributed by atoms with Crippen LogP contribution in [0.15, 0.2) is 18.2 Å². The van der Waals surface area contributed by atoms with Crippen LogP contribution in [0.4, 0.5) is 11.4 Å². The Balaban J connectivity index is 1.50. The quantitative estimate of drug-likeness (QED) is 0.758. The molecule has 2 aliphatic carbocycles. The molecule has 0 aromatic heterocycles. The van der Waals surface area contributed by atoms with Crippen LogP contribution in [-0.4, -0.2) is 29.9 Å². The summed E-state index contributed by atoms with van der Waals surface area (Å²) in [5.41, 5.74) is 8.37. The lowest BCUT2D eigenvalue weighted by Crippen LogP contribution is -2.31. The number of benzene rings is 1. The van der Waals surface area contributed by atoms with E-state index in [0.29, 0.717) is 6.42 Å². The van der Waals surface area contributed by atoms with Crippen LogP contribution in [0, 0.1) is 12.8 Å². The van der Waals surface area contributed by atoms with Crippen molar-refractivity contribution in [3.05, 3.63) is 23.8 Å². The SMILES string of the molecule is Cc1c(N)cccc1NC(=O)CCN(CC1CC1)C1CC1. The predicted molar refractivity (Wildman–Crippen MR) is 86.2 cm³/mol. The first-order valence-corrected chi connectivity index (χ1v) is 8.02. The third-order valence-electron chi connectivity index (χ3n) is 4.53. The number of carbonyl (C=O) groups is 1. The molecule has 0 bridgehead atoms. The molecule has 2 fully saturated rings. The van der Waals surface area contributed by atoms with Crippen LogP contribution < -0.4 is 11.1 Å². The third-order valence-corrected chi connectivity index (χ3v) is 4.53. The van der Waals surface area contributed by atoms with E-state index in [2.05, 4.69) is 10.2 Å². The molecule has 0 aliphatic heterocycles. The zero-order valence-electron chi connectivity index (χ0n) is 12.8. The van der Waals surface area contributed by atoms with E-state index in [1.54, 1.807) is 0 Å². The van der Waals surface area contributed by atoms with E-state index in [1.165, 1.54) is 32.2 Å². The summed E-state index contributed by atoms with van der Waals surface area (Å²) in [6.07, 6.45) is 5.93. The highest BCUT2D eigenvalue weighted by molar-refractivity contribution is 5.92. The average molecular weight is 287 g/mol. The molecular weight excluding hydrogens is 262 g/mol. The standard InChI is InChI=1S/C17H25N3O/c1-12-15(18)3-2-4-16(12)19-17(21)9-10-20(14-7-8-14)11-13-5-6-13/h2-4,13-14H,5-11,18H2,1H3,(H,19,21). The predicted octanol–water partition coefficient (Wildman–Crippen LogP) is 2.78. The minimum absolute atomic E-state index is 0.0881. The van der Waals surface area contributed by atoms with Gasteiger partial charge in [-0.25, -0.2) is 0 Å². The molecule has 0 unspecified atom stereocenters. The lowest BCUT2D eigenvalue weighted by molar-refractivity contribution is -0.116. The second kappa shape index (κ2) is 6.06. The molecule has 21 heavy (non-hydrogen) atoms. The van der Waals surface area contributed by atoms with E-state index < -0.39 is 0 Å². The number of rotatable bonds is 7. The van der Waals surface area contributed by atoms with Gasteiger partial charge in [0, 0.05) is 36.9 Å². The molecule has 2 aliphatic rings. The number of nitrogens with one attached hydrogen (secondary N) is 1. The van der Waals surface area contributed by atoms with Gasteiger partial charge in [0.25, 0.3) is 0 Å². The fourth-order valence-electron chi connectivity index (χ4n) is 2.74. The fourth-order valence-corrected chi connectivity index (χ4v) is 2.74. The van der Waals surface area contributed by atoms with E-state index in [0.717, 1.165) is 35.4 Å². The molecule has 0 heterocycles. The molecule has 0 atom stereocenters. The highest BCUT2D eigenvalue weighted by Gasteiger charge is 2.33. The fraction of sp³-hybridized carbons (Fsp3) is 0.588. The molecule has 0 spiro atoms. The van der Waals surface area contributed by atoms with Gasteiger partial charge in [-0.15, -0.1) is 0 Å². The maximum absolute atomic E-state index is 12.1. The number of hydrogen-bond donors (Lipinski definition) is 2. The van der Waals surface area contributed by atoms with E-state index in [9.17, 15) is 4.79 Å². The van der Waals surface area contributed by atoms with Crippen LogP contribution in [0.3, 0.4) is 0 Å². The van der Waals surface area contributed by atoms with Gasteiger partial charge in [-0.1, -0.05) is 6.07 Å². The number of amides is 1. The Morgan fingerprint density at radius 1 is 1.33 bits per heavy atom. The molecule has 0 saturated heterocycles. The number of nitrogens with zero attached hydrogens (tertiary/aromatic N) is 1. The first kappa shape index (κ1) is 14.4. The van der Waals surface area contributed by atoms with Crippen molar-refractivity contribution < 1.29 is 4.79 Å². The zero-order chi connectivity index (χ0) is 14.8. The van der Waals surface area contributed by atoms with Crippen molar-refractivity contribution in [3.63, 3.8) is 0 Å². The summed E-state index contributed by atoms with van der Waals surface area (Å²) in [5, 5.41) is 2.99. The molecule has 1 amide bonds. The smallest absolute Gasteiger partial charge is 0.225 e.